The number of primary amides is 1. The van der Waals surface area contributed by atoms with Crippen LogP contribution in [-0.4, -0.2) is 89.1 Å². The first-order chi connectivity index (χ1) is 23.2. The first kappa shape index (κ1) is 38.3. The Morgan fingerprint density at radius 3 is 2.04 bits per heavy atom. The number of carbonyl (C=O) groups is 4. The van der Waals surface area contributed by atoms with Gasteiger partial charge in [0.15, 0.2) is 0 Å². The van der Waals surface area contributed by atoms with E-state index in [-0.39, 0.29) is 49.5 Å². The number of allylic oxidation sites excluding steroid dienone is 1. The van der Waals surface area contributed by atoms with Crippen LogP contribution in [0.4, 0.5) is 5.69 Å². The van der Waals surface area contributed by atoms with Crippen LogP contribution < -0.4 is 21.3 Å². The number of hydrogen-bond donors (Lipinski definition) is 3. The SMILES string of the molecule is C/C1=C/c2ccccc2CN(C(=O)CCC(=O)NCCOCCOCCOCCOCCC(=O)N[C@H](C(N)=O)C(C)C)c2ccccc21. The van der Waals surface area contributed by atoms with Gasteiger partial charge in [0, 0.05) is 31.4 Å². The van der Waals surface area contributed by atoms with Crippen LogP contribution in [0.1, 0.15) is 56.7 Å². The molecule has 3 rings (SSSR count). The van der Waals surface area contributed by atoms with Crippen molar-refractivity contribution in [3.05, 3.63) is 65.2 Å². The lowest BCUT2D eigenvalue weighted by Gasteiger charge is -2.28. The Morgan fingerprint density at radius 2 is 1.38 bits per heavy atom. The molecule has 2 aromatic rings. The lowest BCUT2D eigenvalue weighted by molar-refractivity contribution is -0.129. The number of carbonyl (C=O) groups excluding carboxylic acids is 4. The van der Waals surface area contributed by atoms with Gasteiger partial charge in [-0.05, 0) is 35.6 Å². The molecular formula is C36H50N4O8. The molecule has 0 saturated heterocycles. The first-order valence-corrected chi connectivity index (χ1v) is 16.5. The molecule has 0 saturated carbocycles. The highest BCUT2D eigenvalue weighted by Crippen LogP contribution is 2.33. The third-order valence-electron chi connectivity index (χ3n) is 7.69. The predicted molar refractivity (Wildman–Crippen MR) is 184 cm³/mol. The van der Waals surface area contributed by atoms with E-state index in [1.54, 1.807) is 4.90 Å². The summed E-state index contributed by atoms with van der Waals surface area (Å²) < 4.78 is 21.8. The molecule has 0 aliphatic carbocycles. The van der Waals surface area contributed by atoms with Crippen molar-refractivity contribution >= 4 is 41.0 Å². The molecule has 1 aliphatic heterocycles. The lowest BCUT2D eigenvalue weighted by atomic mass is 9.96. The van der Waals surface area contributed by atoms with Crippen molar-refractivity contribution < 1.29 is 38.1 Å². The van der Waals surface area contributed by atoms with E-state index in [1.165, 1.54) is 0 Å². The van der Waals surface area contributed by atoms with Crippen LogP contribution in [0.15, 0.2) is 48.5 Å². The Bertz CT molecular complexity index is 1380. The van der Waals surface area contributed by atoms with Crippen molar-refractivity contribution in [3.63, 3.8) is 0 Å². The summed E-state index contributed by atoms with van der Waals surface area (Å²) in [4.78, 5) is 50.9. The first-order valence-electron chi connectivity index (χ1n) is 16.5. The number of rotatable bonds is 21. The monoisotopic (exact) mass is 666 g/mol. The largest absolute Gasteiger partial charge is 0.379 e. The number of nitrogens with two attached hydrogens (primary N) is 1. The number of nitrogens with one attached hydrogen (secondary N) is 2. The van der Waals surface area contributed by atoms with Crippen LogP contribution in [0, 0.1) is 5.92 Å². The summed E-state index contributed by atoms with van der Waals surface area (Å²) in [6, 6.07) is 15.2. The zero-order valence-electron chi connectivity index (χ0n) is 28.3. The molecule has 0 fully saturated rings. The maximum absolute atomic E-state index is 13.4. The van der Waals surface area contributed by atoms with Gasteiger partial charge >= 0.3 is 0 Å². The third kappa shape index (κ3) is 13.2. The predicted octanol–water partition coefficient (Wildman–Crippen LogP) is 3.07. The van der Waals surface area contributed by atoms with Crippen LogP contribution in [0.3, 0.4) is 0 Å². The average Bonchev–Trinajstić information content (AvgIpc) is 3.06. The summed E-state index contributed by atoms with van der Waals surface area (Å²) in [7, 11) is 0. The van der Waals surface area contributed by atoms with Crippen LogP contribution in [-0.2, 0) is 44.7 Å². The minimum atomic E-state index is -0.692. The Kier molecular flexibility index (Phi) is 16.8. The quantitative estimate of drug-likeness (QED) is 0.172. The number of amides is 4. The zero-order chi connectivity index (χ0) is 34.7. The lowest BCUT2D eigenvalue weighted by Crippen LogP contribution is -2.47. The van der Waals surface area contributed by atoms with E-state index >= 15 is 0 Å². The second-order valence-corrected chi connectivity index (χ2v) is 11.8. The molecule has 12 nitrogen and oxygen atoms in total. The van der Waals surface area contributed by atoms with Crippen molar-refractivity contribution in [2.24, 2.45) is 11.7 Å². The molecular weight excluding hydrogens is 616 g/mol. The number of para-hydroxylation sites is 1. The Hall–Kier alpha value is -4.10. The molecule has 1 heterocycles. The smallest absolute Gasteiger partial charge is 0.240 e. The normalized spacial score (nSPS) is 14.2. The summed E-state index contributed by atoms with van der Waals surface area (Å²) in [5.41, 5.74) is 10.4. The van der Waals surface area contributed by atoms with Crippen molar-refractivity contribution in [1.29, 1.82) is 0 Å². The van der Waals surface area contributed by atoms with E-state index < -0.39 is 11.9 Å². The van der Waals surface area contributed by atoms with Crippen LogP contribution in [0.2, 0.25) is 0 Å². The topological polar surface area (TPSA) is 159 Å². The molecule has 4 amide bonds. The Labute approximate surface area is 283 Å². The molecule has 4 N–H and O–H groups in total. The molecule has 0 aromatic heterocycles. The molecule has 1 atom stereocenters. The summed E-state index contributed by atoms with van der Waals surface area (Å²) in [6.07, 6.45) is 2.47. The molecule has 0 unspecified atom stereocenters. The van der Waals surface area contributed by atoms with E-state index in [1.807, 2.05) is 63.2 Å². The number of anilines is 1. The van der Waals surface area contributed by atoms with Gasteiger partial charge in [-0.1, -0.05) is 62.4 Å². The van der Waals surface area contributed by atoms with Crippen LogP contribution >= 0.6 is 0 Å². The van der Waals surface area contributed by atoms with E-state index in [2.05, 4.69) is 22.8 Å². The maximum Gasteiger partial charge on any atom is 0.240 e. The van der Waals surface area contributed by atoms with E-state index in [0.717, 1.165) is 28.0 Å². The molecule has 0 radical (unpaired) electrons. The number of ether oxygens (including phenoxy) is 4. The fourth-order valence-corrected chi connectivity index (χ4v) is 5.10. The highest BCUT2D eigenvalue weighted by Gasteiger charge is 2.23. The van der Waals surface area contributed by atoms with Crippen molar-refractivity contribution in [3.8, 4) is 0 Å². The van der Waals surface area contributed by atoms with Gasteiger partial charge in [-0.15, -0.1) is 0 Å². The number of fused-ring (bicyclic) bond motifs is 2. The van der Waals surface area contributed by atoms with Gasteiger partial charge in [0.1, 0.15) is 6.04 Å². The number of benzene rings is 2. The highest BCUT2D eigenvalue weighted by molar-refractivity contribution is 6.00. The third-order valence-corrected chi connectivity index (χ3v) is 7.69. The van der Waals surface area contributed by atoms with E-state index in [0.29, 0.717) is 59.3 Å². The maximum atomic E-state index is 13.4. The summed E-state index contributed by atoms with van der Waals surface area (Å²) in [5, 5.41) is 5.42. The highest BCUT2D eigenvalue weighted by atomic mass is 16.6. The van der Waals surface area contributed by atoms with Gasteiger partial charge in [-0.25, -0.2) is 0 Å². The molecule has 0 spiro atoms. The molecule has 12 heteroatoms. The van der Waals surface area contributed by atoms with E-state index in [9.17, 15) is 19.2 Å². The standard InChI is InChI=1S/C36H50N4O8/c1-26(2)35(36(37)44)39-33(42)14-16-45-18-20-47-22-23-48-21-19-46-17-15-38-32(41)12-13-34(43)40-25-29-9-5-4-8-28(29)24-27(3)30-10-6-7-11-31(30)40/h4-11,24,26,35H,12-23,25H2,1-3H3,(H2,37,44)(H,38,41)(H,39,42)/b27-24-/t35-/m0/s1. The van der Waals surface area contributed by atoms with Gasteiger partial charge in [0.25, 0.3) is 0 Å². The van der Waals surface area contributed by atoms with Gasteiger partial charge < -0.3 is 40.2 Å². The molecule has 1 aliphatic rings. The second kappa shape index (κ2) is 21.0. The zero-order valence-corrected chi connectivity index (χ0v) is 28.3. The average molecular weight is 667 g/mol. The minimum absolute atomic E-state index is 0.0841. The summed E-state index contributed by atoms with van der Waals surface area (Å²) in [5.74, 6) is -1.23. The summed E-state index contributed by atoms with van der Waals surface area (Å²) >= 11 is 0. The van der Waals surface area contributed by atoms with Crippen LogP contribution in [0.5, 0.6) is 0 Å². The Balaban J connectivity index is 1.19. The van der Waals surface area contributed by atoms with Crippen LogP contribution in [0.25, 0.3) is 11.6 Å². The fraction of sp³-hybridized carbons (Fsp3) is 0.500. The number of hydrogen-bond acceptors (Lipinski definition) is 8. The molecule has 2 aromatic carbocycles. The fourth-order valence-electron chi connectivity index (χ4n) is 5.10. The van der Waals surface area contributed by atoms with Crippen molar-refractivity contribution in [2.45, 2.75) is 52.6 Å². The van der Waals surface area contributed by atoms with Crippen molar-refractivity contribution in [1.82, 2.24) is 10.6 Å². The molecule has 0 bridgehead atoms. The van der Waals surface area contributed by atoms with Crippen molar-refractivity contribution in [2.75, 3.05) is 64.3 Å². The molecule has 48 heavy (non-hydrogen) atoms. The van der Waals surface area contributed by atoms with Gasteiger partial charge in [-0.2, -0.15) is 0 Å². The van der Waals surface area contributed by atoms with Gasteiger partial charge in [-0.3, -0.25) is 19.2 Å². The van der Waals surface area contributed by atoms with Gasteiger partial charge in [0.05, 0.1) is 65.1 Å². The second-order valence-electron chi connectivity index (χ2n) is 11.8. The molecule has 262 valence electrons. The Morgan fingerprint density at radius 1 is 0.771 bits per heavy atom. The minimum Gasteiger partial charge on any atom is -0.379 e. The summed E-state index contributed by atoms with van der Waals surface area (Å²) in [6.45, 7) is 9.22. The van der Waals surface area contributed by atoms with E-state index in [4.69, 9.17) is 24.7 Å². The van der Waals surface area contributed by atoms with Gasteiger partial charge in [0.2, 0.25) is 23.6 Å². The number of nitrogens with zero attached hydrogens (tertiary/aromatic N) is 1.